The van der Waals surface area contributed by atoms with Gasteiger partial charge >= 0.3 is 0 Å². The molecule has 36 nitrogen and oxygen atoms in total. The van der Waals surface area contributed by atoms with Crippen LogP contribution < -0.4 is 31.0 Å². The van der Waals surface area contributed by atoms with E-state index >= 15 is 0 Å². The smallest absolute Gasteiger partial charge is 0.202 e. The summed E-state index contributed by atoms with van der Waals surface area (Å²) >= 11 is 0. The Balaban J connectivity index is 0.000000155. The Morgan fingerprint density at radius 2 is 0.714 bits per heavy atom. The first kappa shape index (κ1) is 86.7. The molecule has 6 aliphatic carbocycles. The topological polar surface area (TPSA) is 593 Å². The summed E-state index contributed by atoms with van der Waals surface area (Å²) in [7, 11) is 6.93. The van der Waals surface area contributed by atoms with Crippen LogP contribution in [0.25, 0.3) is 0 Å². The van der Waals surface area contributed by atoms with Crippen molar-refractivity contribution in [2.24, 2.45) is 11.5 Å². The summed E-state index contributed by atoms with van der Waals surface area (Å²) in [5.74, 6) is -10.8. The second-order valence-corrected chi connectivity index (χ2v) is 31.0. The molecule has 0 amide bonds. The molecule has 19 N–H and O–H groups in total. The van der Waals surface area contributed by atoms with E-state index in [0.29, 0.717) is 0 Å². The molecule has 6 aromatic rings. The average Bonchev–Trinajstić information content (AvgIpc) is 0.718. The number of carbonyl (C=O) groups excluding carboxylic acids is 9. The predicted octanol–water partition coefficient (Wildman–Crippen LogP) is 0.919. The number of ether oxygens (including phenoxy) is 10. The summed E-state index contributed by atoms with van der Waals surface area (Å²) in [6.45, 7) is 2.34. The molecule has 9 aliphatic rings. The monoisotopic (exact) mass is 1660 g/mol. The van der Waals surface area contributed by atoms with Crippen LogP contribution in [0.2, 0.25) is 0 Å². The summed E-state index contributed by atoms with van der Waals surface area (Å²) in [6.07, 6.45) is -14.6. The van der Waals surface area contributed by atoms with E-state index in [1.807, 2.05) is 0 Å². The molecule has 0 aromatic heterocycles. The van der Waals surface area contributed by atoms with E-state index in [1.165, 1.54) is 83.0 Å². The average molecular weight is 1660 g/mol. The molecule has 3 heterocycles. The highest BCUT2D eigenvalue weighted by molar-refractivity contribution is 6.33. The molecule has 12 unspecified atom stereocenters. The van der Waals surface area contributed by atoms with E-state index in [9.17, 15) is 115 Å². The van der Waals surface area contributed by atoms with Crippen LogP contribution in [0, 0.1) is 0 Å². The zero-order valence-corrected chi connectivity index (χ0v) is 65.5. The number of hydrogen-bond donors (Lipinski definition) is 17. The number of hydrogen-bond acceptors (Lipinski definition) is 36. The first-order valence-corrected chi connectivity index (χ1v) is 38.1. The molecule has 0 saturated carbocycles. The molecular formula is C83H91N3O33. The van der Waals surface area contributed by atoms with Crippen molar-refractivity contribution in [3.8, 4) is 51.7 Å². The molecule has 36 heteroatoms. The summed E-state index contributed by atoms with van der Waals surface area (Å²) in [6, 6.07) is 11.3. The van der Waals surface area contributed by atoms with Gasteiger partial charge in [0.1, 0.15) is 88.4 Å². The highest BCUT2D eigenvalue weighted by Gasteiger charge is 2.55. The molecule has 0 radical (unpaired) electrons. The van der Waals surface area contributed by atoms with Crippen LogP contribution in [0.4, 0.5) is 0 Å². The van der Waals surface area contributed by atoms with Crippen LogP contribution in [0.1, 0.15) is 207 Å². The summed E-state index contributed by atoms with van der Waals surface area (Å²) in [5.41, 5.74) is 1.60. The summed E-state index contributed by atoms with van der Waals surface area (Å²) in [5, 5.41) is 155. The van der Waals surface area contributed by atoms with E-state index in [2.05, 4.69) is 5.32 Å². The standard InChI is InChI=1S/2C28H31NO11.C27H29NO11/c1-11-23(31)14(29)7-18(39-11)40-16-9-28(36,17(30)10-37-2)8-13-20(16)27(35)22-21(25(13)33)24(32)12-5-4-6-15(38-3)19(12)26(22)34;1-11-23(32)14(29-2)7-18(39-11)40-16-9-28(37,17(31)10-30)8-13-20(16)27(36)22-21(25(13)34)24(33)12-5-4-6-15(38-3)19(12)26(22)35;1-10-22(31)13(28)6-17(38-10)39-15-8-27(36,16(30)9-29)7-12-19(15)26(35)21-20(24(12)33)23(32)11-4-3-5-14(37-2)18(11)25(21)34/h4-6,11,14,16,18,23,31,33,35-36H,7-10,29H2,1-3H3;4-6,11,14,16,18,23,29-30,32,34,36-37H,7-10H2,1-3H3;3-5,10,13,15,17,22,29,31,33,35-36H,6-9,28H2,1-2H3/t2*11?,14?,16-,18?,23?,28-;10?,13?,15-,17?,22?,27-/m000/s1. The molecule has 119 heavy (non-hydrogen) atoms. The summed E-state index contributed by atoms with van der Waals surface area (Å²) in [4.78, 5) is 120. The number of aliphatic hydroxyl groups excluding tert-OH is 5. The Morgan fingerprint density at radius 3 is 0.992 bits per heavy atom. The molecule has 3 saturated heterocycles. The molecule has 15 rings (SSSR count). The highest BCUT2D eigenvalue weighted by Crippen LogP contribution is 2.57. The van der Waals surface area contributed by atoms with Crippen molar-refractivity contribution in [2.45, 2.75) is 187 Å². The number of aliphatic hydroxyl groups is 8. The Hall–Kier alpha value is -10.2. The van der Waals surface area contributed by atoms with Gasteiger partial charge in [-0.15, -0.1) is 0 Å². The molecule has 3 fully saturated rings. The van der Waals surface area contributed by atoms with Gasteiger partial charge in [0.05, 0.1) is 126 Å². The van der Waals surface area contributed by atoms with Crippen molar-refractivity contribution < 1.29 is 162 Å². The maximum absolute atomic E-state index is 13.7. The lowest BCUT2D eigenvalue weighted by molar-refractivity contribution is -0.249. The fourth-order valence-corrected chi connectivity index (χ4v) is 17.6. The normalized spacial score (nSPS) is 29.5. The quantitative estimate of drug-likeness (QED) is 0.0564. The Labute approximate surface area is 677 Å². The van der Waals surface area contributed by atoms with Gasteiger partial charge in [-0.3, -0.25) is 43.2 Å². The highest BCUT2D eigenvalue weighted by atomic mass is 16.7. The molecule has 0 spiro atoms. The minimum Gasteiger partial charge on any atom is -0.507 e. The fourth-order valence-electron chi connectivity index (χ4n) is 17.6. The number of methoxy groups -OCH3 is 4. The van der Waals surface area contributed by atoms with Gasteiger partial charge in [-0.2, -0.15) is 0 Å². The minimum absolute atomic E-state index is 0.0173. The van der Waals surface area contributed by atoms with Gasteiger partial charge in [-0.25, -0.2) is 0 Å². The fraction of sp³-hybridized carbons (Fsp3) is 0.458. The van der Waals surface area contributed by atoms with Gasteiger partial charge < -0.3 is 136 Å². The second-order valence-electron chi connectivity index (χ2n) is 31.0. The number of Topliss-reactive ketones (excluding diaryl/α,β-unsaturated/α-hetero) is 3. The Bertz CT molecular complexity index is 5180. The van der Waals surface area contributed by atoms with Gasteiger partial charge in [-0.05, 0) is 46.0 Å². The zero-order valence-electron chi connectivity index (χ0n) is 65.5. The number of phenols is 6. The van der Waals surface area contributed by atoms with Crippen molar-refractivity contribution in [1.82, 2.24) is 5.32 Å². The number of nitrogens with two attached hydrogens (primary N) is 2. The molecule has 18 atom stereocenters. The third-order valence-electron chi connectivity index (χ3n) is 23.9. The van der Waals surface area contributed by atoms with Gasteiger partial charge in [0, 0.05) is 133 Å². The van der Waals surface area contributed by atoms with Crippen LogP contribution in [-0.4, -0.2) is 269 Å². The Morgan fingerprint density at radius 1 is 0.429 bits per heavy atom. The van der Waals surface area contributed by atoms with Crippen LogP contribution in [0.5, 0.6) is 51.7 Å². The second kappa shape index (κ2) is 33.1. The first-order valence-electron chi connectivity index (χ1n) is 38.1. The van der Waals surface area contributed by atoms with E-state index in [-0.39, 0.29) is 110 Å². The molecule has 3 aliphatic heterocycles. The van der Waals surface area contributed by atoms with Crippen LogP contribution in [-0.2, 0) is 66.8 Å². The number of likely N-dealkylation sites (N-methyl/N-ethyl adjacent to an activating group) is 1. The summed E-state index contributed by atoms with van der Waals surface area (Å²) < 4.78 is 56.3. The van der Waals surface area contributed by atoms with Crippen LogP contribution >= 0.6 is 0 Å². The Kier molecular flexibility index (Phi) is 24.1. The number of rotatable bonds is 17. The van der Waals surface area contributed by atoms with Crippen molar-refractivity contribution in [3.05, 3.63) is 155 Å². The lowest BCUT2D eigenvalue weighted by Crippen LogP contribution is -2.53. The van der Waals surface area contributed by atoms with Crippen molar-refractivity contribution >= 4 is 52.0 Å². The van der Waals surface area contributed by atoms with E-state index in [1.54, 1.807) is 27.8 Å². The lowest BCUT2D eigenvalue weighted by Gasteiger charge is -2.42. The number of aromatic hydroxyl groups is 6. The third-order valence-corrected chi connectivity index (χ3v) is 23.9. The van der Waals surface area contributed by atoms with E-state index in [0.717, 1.165) is 0 Å². The third kappa shape index (κ3) is 14.7. The SMILES string of the molecule is CNC1CC(O[C@H]2C[C@](O)(C(=O)CO)Cc3c(O)c4c(c(O)c32)C(=O)c2c(OC)cccc2C4=O)OC(C)C1O.COCC(=O)[C@]1(O)Cc2c(O)c3c(c(O)c2[C@@H](OC2CC(N)C(O)C(C)O2)C1)C(=O)c1c(OC)cccc1C3=O.COc1cccc2c1C(=O)c1c(O)c3c(c(O)c1C2=O)C[C@@](O)(C(=O)CO)C[C@@H]3OC1CC(N)C(O)C(C)O1. The van der Waals surface area contributed by atoms with E-state index in [4.69, 9.17) is 58.8 Å². The number of benzene rings is 6. The maximum atomic E-state index is 13.7. The van der Waals surface area contributed by atoms with Crippen molar-refractivity contribution in [3.63, 3.8) is 0 Å². The predicted molar refractivity (Wildman–Crippen MR) is 405 cm³/mol. The maximum Gasteiger partial charge on any atom is 0.202 e. The largest absolute Gasteiger partial charge is 0.507 e. The zero-order chi connectivity index (χ0) is 86.6. The number of phenolic OH excluding ortho intramolecular Hbond substituents is 6. The minimum atomic E-state index is -2.24. The van der Waals surface area contributed by atoms with Crippen LogP contribution in [0.15, 0.2) is 54.6 Å². The van der Waals surface area contributed by atoms with Gasteiger partial charge in [0.2, 0.25) is 17.3 Å². The molecule has 6 aromatic carbocycles. The molecule has 636 valence electrons. The lowest BCUT2D eigenvalue weighted by atomic mass is 9.72. The number of ketones is 9. The number of nitrogens with one attached hydrogen (secondary N) is 1. The van der Waals surface area contributed by atoms with Gasteiger partial charge in [0.25, 0.3) is 0 Å². The van der Waals surface area contributed by atoms with Gasteiger partial charge in [0.15, 0.2) is 53.6 Å². The first-order chi connectivity index (χ1) is 56.3. The molecular weight excluding hydrogens is 1570 g/mol. The van der Waals surface area contributed by atoms with Gasteiger partial charge in [-0.1, -0.05) is 36.4 Å². The van der Waals surface area contributed by atoms with Crippen molar-refractivity contribution in [1.29, 1.82) is 0 Å². The molecule has 0 bridgehead atoms. The number of carbonyl (C=O) groups is 9. The number of fused-ring (bicyclic) bond motifs is 9. The van der Waals surface area contributed by atoms with E-state index < -0.39 is 281 Å². The van der Waals surface area contributed by atoms with Crippen molar-refractivity contribution in [2.75, 3.05) is 55.3 Å². The van der Waals surface area contributed by atoms with Crippen LogP contribution in [0.3, 0.4) is 0 Å².